The molecule has 0 fully saturated rings. The topological polar surface area (TPSA) is 102 Å². The highest BCUT2D eigenvalue weighted by atomic mass is 16.5. The minimum absolute atomic E-state index is 0.355. The Labute approximate surface area is 103 Å². The van der Waals surface area contributed by atoms with Crippen molar-refractivity contribution in [2.45, 2.75) is 0 Å². The monoisotopic (exact) mass is 252 g/mol. The van der Waals surface area contributed by atoms with Gasteiger partial charge >= 0.3 is 5.69 Å². The van der Waals surface area contributed by atoms with Gasteiger partial charge in [-0.15, -0.1) is 5.10 Å². The number of nitrogens with two attached hydrogens (primary N) is 1. The van der Waals surface area contributed by atoms with Crippen molar-refractivity contribution >= 4 is 11.5 Å². The molecular formula is C10H16N6O2. The minimum Gasteiger partial charge on any atom is -0.383 e. The molecule has 8 heteroatoms. The number of fused-ring (bicyclic) bond motifs is 1. The van der Waals surface area contributed by atoms with Crippen molar-refractivity contribution < 1.29 is 4.74 Å². The number of H-pyrrole nitrogens is 1. The van der Waals surface area contributed by atoms with Crippen molar-refractivity contribution in [1.29, 1.82) is 0 Å². The molecule has 0 spiro atoms. The number of rotatable bonds is 6. The molecule has 18 heavy (non-hydrogen) atoms. The summed E-state index contributed by atoms with van der Waals surface area (Å²) >= 11 is 0. The van der Waals surface area contributed by atoms with Crippen LogP contribution in [0.15, 0.2) is 16.9 Å². The SMILES string of the molecule is COCCN(CCN)c1ccc2n[nH]c(=O)n2n1. The van der Waals surface area contributed by atoms with E-state index in [1.54, 1.807) is 19.2 Å². The van der Waals surface area contributed by atoms with Gasteiger partial charge in [0.15, 0.2) is 5.65 Å². The van der Waals surface area contributed by atoms with E-state index in [4.69, 9.17) is 10.5 Å². The largest absolute Gasteiger partial charge is 0.383 e. The highest BCUT2D eigenvalue weighted by molar-refractivity contribution is 5.44. The van der Waals surface area contributed by atoms with Gasteiger partial charge in [0.05, 0.1) is 6.61 Å². The molecule has 8 nitrogen and oxygen atoms in total. The van der Waals surface area contributed by atoms with Crippen molar-refractivity contribution in [2.24, 2.45) is 5.73 Å². The van der Waals surface area contributed by atoms with Crippen LogP contribution in [-0.4, -0.2) is 53.2 Å². The van der Waals surface area contributed by atoms with Gasteiger partial charge in [-0.3, -0.25) is 0 Å². The zero-order valence-corrected chi connectivity index (χ0v) is 10.2. The Balaban J connectivity index is 2.30. The standard InChI is InChI=1S/C10H16N6O2/c1-18-7-6-15(5-4-11)9-3-2-8-12-13-10(17)16(8)14-9/h2-3H,4-7,11H2,1H3,(H,13,17). The maximum Gasteiger partial charge on any atom is 0.364 e. The molecule has 2 aromatic rings. The van der Waals surface area contributed by atoms with E-state index in [1.807, 2.05) is 4.90 Å². The van der Waals surface area contributed by atoms with Crippen LogP contribution in [0.5, 0.6) is 0 Å². The summed E-state index contributed by atoms with van der Waals surface area (Å²) in [6.45, 7) is 2.39. The zero-order chi connectivity index (χ0) is 13.0. The molecule has 0 saturated heterocycles. The second-order valence-electron chi connectivity index (χ2n) is 3.76. The van der Waals surface area contributed by atoms with Gasteiger partial charge in [0.2, 0.25) is 0 Å². The summed E-state index contributed by atoms with van der Waals surface area (Å²) in [5.74, 6) is 0.675. The van der Waals surface area contributed by atoms with E-state index in [2.05, 4.69) is 15.3 Å². The highest BCUT2D eigenvalue weighted by Crippen LogP contribution is 2.09. The Hall–Kier alpha value is -1.93. The van der Waals surface area contributed by atoms with Crippen LogP contribution in [0.3, 0.4) is 0 Å². The first-order chi connectivity index (χ1) is 8.76. The predicted molar refractivity (Wildman–Crippen MR) is 66.8 cm³/mol. The van der Waals surface area contributed by atoms with E-state index in [0.717, 1.165) is 0 Å². The number of nitrogens with one attached hydrogen (secondary N) is 1. The second-order valence-corrected chi connectivity index (χ2v) is 3.76. The number of hydrogen-bond acceptors (Lipinski definition) is 6. The number of methoxy groups -OCH3 is 1. The van der Waals surface area contributed by atoms with Gasteiger partial charge in [-0.05, 0) is 12.1 Å². The molecule has 0 aliphatic rings. The van der Waals surface area contributed by atoms with E-state index in [0.29, 0.717) is 37.7 Å². The molecule has 0 aliphatic heterocycles. The second kappa shape index (κ2) is 5.61. The van der Waals surface area contributed by atoms with Crippen LogP contribution in [0.4, 0.5) is 5.82 Å². The first kappa shape index (κ1) is 12.5. The van der Waals surface area contributed by atoms with E-state index in [9.17, 15) is 4.79 Å². The van der Waals surface area contributed by atoms with Gasteiger partial charge in [-0.1, -0.05) is 0 Å². The van der Waals surface area contributed by atoms with Crippen LogP contribution in [-0.2, 0) is 4.74 Å². The smallest absolute Gasteiger partial charge is 0.364 e. The van der Waals surface area contributed by atoms with Gasteiger partial charge in [-0.25, -0.2) is 9.89 Å². The molecule has 2 heterocycles. The quantitative estimate of drug-likeness (QED) is 0.671. The predicted octanol–water partition coefficient (Wildman–Crippen LogP) is -1.17. The lowest BCUT2D eigenvalue weighted by molar-refractivity contribution is 0.205. The lowest BCUT2D eigenvalue weighted by atomic mass is 10.4. The Morgan fingerprint density at radius 3 is 3.06 bits per heavy atom. The zero-order valence-electron chi connectivity index (χ0n) is 10.2. The molecule has 98 valence electrons. The van der Waals surface area contributed by atoms with Gasteiger partial charge in [0, 0.05) is 26.7 Å². The fraction of sp³-hybridized carbons (Fsp3) is 0.500. The summed E-state index contributed by atoms with van der Waals surface area (Å²) in [7, 11) is 1.64. The third kappa shape index (κ3) is 2.49. The number of aromatic nitrogens is 4. The minimum atomic E-state index is -0.355. The average Bonchev–Trinajstić information content (AvgIpc) is 2.76. The summed E-state index contributed by atoms with van der Waals surface area (Å²) < 4.78 is 6.27. The van der Waals surface area contributed by atoms with Crippen molar-refractivity contribution in [3.8, 4) is 0 Å². The number of ether oxygens (including phenoxy) is 1. The Kier molecular flexibility index (Phi) is 3.90. The van der Waals surface area contributed by atoms with Gasteiger partial charge in [0.1, 0.15) is 5.82 Å². The molecule has 0 aromatic carbocycles. The Morgan fingerprint density at radius 2 is 2.33 bits per heavy atom. The van der Waals surface area contributed by atoms with E-state index in [-0.39, 0.29) is 5.69 Å². The van der Waals surface area contributed by atoms with Crippen LogP contribution in [0, 0.1) is 0 Å². The molecule has 2 rings (SSSR count). The van der Waals surface area contributed by atoms with E-state index < -0.39 is 0 Å². The molecule has 0 unspecified atom stereocenters. The molecule has 0 aliphatic carbocycles. The molecule has 0 atom stereocenters. The molecule has 0 saturated carbocycles. The number of nitrogens with zero attached hydrogens (tertiary/aromatic N) is 4. The maximum absolute atomic E-state index is 11.4. The van der Waals surface area contributed by atoms with Crippen LogP contribution in [0.2, 0.25) is 0 Å². The van der Waals surface area contributed by atoms with Gasteiger partial charge in [-0.2, -0.15) is 9.61 Å². The summed E-state index contributed by atoms with van der Waals surface area (Å²) in [6, 6.07) is 3.54. The lowest BCUT2D eigenvalue weighted by Gasteiger charge is -2.22. The summed E-state index contributed by atoms with van der Waals surface area (Å²) in [5, 5.41) is 10.4. The lowest BCUT2D eigenvalue weighted by Crippen LogP contribution is -2.33. The fourth-order valence-corrected chi connectivity index (χ4v) is 1.66. The van der Waals surface area contributed by atoms with E-state index in [1.165, 1.54) is 4.52 Å². The first-order valence-corrected chi connectivity index (χ1v) is 5.64. The van der Waals surface area contributed by atoms with E-state index >= 15 is 0 Å². The Morgan fingerprint density at radius 1 is 1.50 bits per heavy atom. The maximum atomic E-state index is 11.4. The van der Waals surface area contributed by atoms with Crippen LogP contribution in [0.25, 0.3) is 5.65 Å². The van der Waals surface area contributed by atoms with Crippen LogP contribution in [0.1, 0.15) is 0 Å². The normalized spacial score (nSPS) is 11.0. The third-order valence-corrected chi connectivity index (χ3v) is 2.55. The molecule has 3 N–H and O–H groups in total. The summed E-state index contributed by atoms with van der Waals surface area (Å²) in [4.78, 5) is 13.4. The molecule has 2 aromatic heterocycles. The summed E-state index contributed by atoms with van der Waals surface area (Å²) in [5.41, 5.74) is 5.70. The van der Waals surface area contributed by atoms with Gasteiger partial charge < -0.3 is 15.4 Å². The number of anilines is 1. The number of hydrogen-bond donors (Lipinski definition) is 2. The molecule has 0 bridgehead atoms. The third-order valence-electron chi connectivity index (χ3n) is 2.55. The molecular weight excluding hydrogens is 236 g/mol. The van der Waals surface area contributed by atoms with Gasteiger partial charge in [0.25, 0.3) is 0 Å². The molecule has 0 radical (unpaired) electrons. The fourth-order valence-electron chi connectivity index (χ4n) is 1.66. The molecule has 0 amide bonds. The Bertz CT molecular complexity index is 563. The summed E-state index contributed by atoms with van der Waals surface area (Å²) in [6.07, 6.45) is 0. The highest BCUT2D eigenvalue weighted by Gasteiger charge is 2.09. The van der Waals surface area contributed by atoms with Crippen LogP contribution >= 0.6 is 0 Å². The van der Waals surface area contributed by atoms with Crippen molar-refractivity contribution in [3.05, 3.63) is 22.6 Å². The van der Waals surface area contributed by atoms with Crippen molar-refractivity contribution in [3.63, 3.8) is 0 Å². The number of aromatic amines is 1. The van der Waals surface area contributed by atoms with Crippen LogP contribution < -0.4 is 16.3 Å². The average molecular weight is 252 g/mol. The van der Waals surface area contributed by atoms with Crippen molar-refractivity contribution in [2.75, 3.05) is 38.3 Å². The first-order valence-electron chi connectivity index (χ1n) is 5.64. The van der Waals surface area contributed by atoms with Crippen molar-refractivity contribution in [1.82, 2.24) is 19.8 Å².